The Bertz CT molecular complexity index is 402. The first kappa shape index (κ1) is 11.6. The quantitative estimate of drug-likeness (QED) is 0.803. The third-order valence-electron chi connectivity index (χ3n) is 2.76. The molecule has 5 heteroatoms. The van der Waals surface area contributed by atoms with Gasteiger partial charge < -0.3 is 5.32 Å². The molecule has 0 bridgehead atoms. The summed E-state index contributed by atoms with van der Waals surface area (Å²) in [4.78, 5) is 17.9. The summed E-state index contributed by atoms with van der Waals surface area (Å²) in [6.07, 6.45) is 2.69. The number of anilines is 1. The summed E-state index contributed by atoms with van der Waals surface area (Å²) in [5.41, 5.74) is -0.178. The molecule has 0 spiro atoms. The lowest BCUT2D eigenvalue weighted by molar-refractivity contribution is 0.229. The van der Waals surface area contributed by atoms with Crippen LogP contribution < -0.4 is 10.2 Å². The highest BCUT2D eigenvalue weighted by atomic mass is 127. The molecular weight excluding hydrogens is 317 g/mol. The van der Waals surface area contributed by atoms with E-state index in [2.05, 4.69) is 46.7 Å². The SMILES string of the molecule is CC1(C)CCNC(=O)N1c1ccc(I)cn1. The number of amides is 2. The average Bonchev–Trinajstić information content (AvgIpc) is 2.19. The molecule has 1 aromatic rings. The number of carbonyl (C=O) groups is 1. The Morgan fingerprint density at radius 2 is 2.25 bits per heavy atom. The van der Waals surface area contributed by atoms with Gasteiger partial charge in [0.15, 0.2) is 0 Å². The standard InChI is InChI=1S/C11H14IN3O/c1-11(2)5-6-13-10(16)15(11)9-4-3-8(12)7-14-9/h3-4,7H,5-6H2,1-2H3,(H,13,16). The van der Waals surface area contributed by atoms with Gasteiger partial charge in [0.05, 0.1) is 0 Å². The number of carbonyl (C=O) groups excluding carboxylic acids is 1. The van der Waals surface area contributed by atoms with Crippen LogP contribution >= 0.6 is 22.6 Å². The molecule has 2 rings (SSSR count). The number of hydrogen-bond acceptors (Lipinski definition) is 2. The van der Waals surface area contributed by atoms with Gasteiger partial charge in [-0.1, -0.05) is 0 Å². The smallest absolute Gasteiger partial charge is 0.323 e. The Morgan fingerprint density at radius 3 is 2.81 bits per heavy atom. The highest BCUT2D eigenvalue weighted by Gasteiger charge is 2.36. The maximum atomic E-state index is 11.9. The molecule has 4 nitrogen and oxygen atoms in total. The van der Waals surface area contributed by atoms with Crippen LogP contribution in [0.2, 0.25) is 0 Å². The van der Waals surface area contributed by atoms with Gasteiger partial charge in [-0.3, -0.25) is 4.90 Å². The Hall–Kier alpha value is -0.850. The molecule has 1 saturated heterocycles. The Kier molecular flexibility index (Phi) is 3.05. The molecule has 1 aromatic heterocycles. The van der Waals surface area contributed by atoms with Crippen LogP contribution in [-0.4, -0.2) is 23.1 Å². The first-order valence-electron chi connectivity index (χ1n) is 5.20. The van der Waals surface area contributed by atoms with Crippen molar-refractivity contribution in [2.75, 3.05) is 11.4 Å². The van der Waals surface area contributed by atoms with E-state index in [0.717, 1.165) is 16.5 Å². The predicted octanol–water partition coefficient (Wildman–Crippen LogP) is 2.38. The highest BCUT2D eigenvalue weighted by Crippen LogP contribution is 2.27. The van der Waals surface area contributed by atoms with Crippen molar-refractivity contribution in [3.05, 3.63) is 21.9 Å². The molecule has 16 heavy (non-hydrogen) atoms. The molecule has 1 fully saturated rings. The molecule has 1 aliphatic heterocycles. The zero-order valence-corrected chi connectivity index (χ0v) is 11.5. The molecule has 0 saturated carbocycles. The molecule has 0 atom stereocenters. The van der Waals surface area contributed by atoms with E-state index >= 15 is 0 Å². The summed E-state index contributed by atoms with van der Waals surface area (Å²) < 4.78 is 1.07. The molecule has 0 aliphatic carbocycles. The molecular formula is C11H14IN3O. The molecule has 0 aromatic carbocycles. The number of hydrogen-bond donors (Lipinski definition) is 1. The normalized spacial score (nSPS) is 19.4. The zero-order chi connectivity index (χ0) is 11.8. The molecule has 86 valence electrons. The van der Waals surface area contributed by atoms with Crippen molar-refractivity contribution in [3.63, 3.8) is 0 Å². The monoisotopic (exact) mass is 331 g/mol. The topological polar surface area (TPSA) is 45.2 Å². The zero-order valence-electron chi connectivity index (χ0n) is 9.33. The Labute approximate surface area is 109 Å². The van der Waals surface area contributed by atoms with E-state index < -0.39 is 0 Å². The van der Waals surface area contributed by atoms with Crippen molar-refractivity contribution in [2.45, 2.75) is 25.8 Å². The van der Waals surface area contributed by atoms with Crippen LogP contribution in [0, 0.1) is 3.57 Å². The van der Waals surface area contributed by atoms with Crippen molar-refractivity contribution < 1.29 is 4.79 Å². The summed E-state index contributed by atoms with van der Waals surface area (Å²) >= 11 is 2.20. The third-order valence-corrected chi connectivity index (χ3v) is 3.40. The van der Waals surface area contributed by atoms with Crippen LogP contribution in [0.25, 0.3) is 0 Å². The number of aromatic nitrogens is 1. The second kappa shape index (κ2) is 4.20. The van der Waals surface area contributed by atoms with Crippen LogP contribution in [0.5, 0.6) is 0 Å². The summed E-state index contributed by atoms with van der Waals surface area (Å²) in [5, 5.41) is 2.85. The van der Waals surface area contributed by atoms with Crippen molar-refractivity contribution in [3.8, 4) is 0 Å². The van der Waals surface area contributed by atoms with E-state index in [1.165, 1.54) is 0 Å². The van der Waals surface area contributed by atoms with Crippen LogP contribution in [-0.2, 0) is 0 Å². The fraction of sp³-hybridized carbons (Fsp3) is 0.455. The predicted molar refractivity (Wildman–Crippen MR) is 71.5 cm³/mol. The minimum absolute atomic E-state index is 0.0649. The van der Waals surface area contributed by atoms with Gasteiger partial charge in [-0.25, -0.2) is 9.78 Å². The highest BCUT2D eigenvalue weighted by molar-refractivity contribution is 14.1. The van der Waals surface area contributed by atoms with E-state index in [9.17, 15) is 4.79 Å². The molecule has 2 amide bonds. The fourth-order valence-electron chi connectivity index (χ4n) is 1.86. The van der Waals surface area contributed by atoms with Crippen molar-refractivity contribution in [1.29, 1.82) is 0 Å². The summed E-state index contributed by atoms with van der Waals surface area (Å²) in [7, 11) is 0. The third kappa shape index (κ3) is 2.14. The van der Waals surface area contributed by atoms with Crippen molar-refractivity contribution in [1.82, 2.24) is 10.3 Å². The number of pyridine rings is 1. The first-order chi connectivity index (χ1) is 7.50. The van der Waals surface area contributed by atoms with Gasteiger partial charge >= 0.3 is 6.03 Å². The van der Waals surface area contributed by atoms with Crippen LogP contribution in [0.3, 0.4) is 0 Å². The van der Waals surface area contributed by atoms with E-state index in [4.69, 9.17) is 0 Å². The van der Waals surface area contributed by atoms with Gasteiger partial charge in [0.25, 0.3) is 0 Å². The van der Waals surface area contributed by atoms with E-state index in [-0.39, 0.29) is 11.6 Å². The van der Waals surface area contributed by atoms with Crippen LogP contribution in [0.1, 0.15) is 20.3 Å². The second-order valence-electron chi connectivity index (χ2n) is 4.46. The van der Waals surface area contributed by atoms with Crippen molar-refractivity contribution in [2.24, 2.45) is 0 Å². The fourth-order valence-corrected chi connectivity index (χ4v) is 2.17. The van der Waals surface area contributed by atoms with E-state index in [1.807, 2.05) is 12.1 Å². The number of rotatable bonds is 1. The van der Waals surface area contributed by atoms with E-state index in [1.54, 1.807) is 11.1 Å². The van der Waals surface area contributed by atoms with E-state index in [0.29, 0.717) is 5.82 Å². The average molecular weight is 331 g/mol. The van der Waals surface area contributed by atoms with Gasteiger partial charge in [-0.05, 0) is 55.0 Å². The van der Waals surface area contributed by atoms with Gasteiger partial charge in [-0.15, -0.1) is 0 Å². The molecule has 2 heterocycles. The molecule has 1 aliphatic rings. The Balaban J connectivity index is 2.36. The Morgan fingerprint density at radius 1 is 1.50 bits per heavy atom. The number of urea groups is 1. The summed E-state index contributed by atoms with van der Waals surface area (Å²) in [5.74, 6) is 0.711. The minimum atomic E-state index is -0.178. The lowest BCUT2D eigenvalue weighted by Gasteiger charge is -2.41. The molecule has 1 N–H and O–H groups in total. The van der Waals surface area contributed by atoms with Crippen LogP contribution in [0.4, 0.5) is 10.6 Å². The van der Waals surface area contributed by atoms with Gasteiger partial charge in [0.2, 0.25) is 0 Å². The van der Waals surface area contributed by atoms with Crippen molar-refractivity contribution >= 4 is 34.4 Å². The number of halogens is 1. The summed E-state index contributed by atoms with van der Waals surface area (Å²) in [6.45, 7) is 4.85. The van der Waals surface area contributed by atoms with Crippen LogP contribution in [0.15, 0.2) is 18.3 Å². The van der Waals surface area contributed by atoms with Gasteiger partial charge in [0.1, 0.15) is 5.82 Å². The molecule has 0 radical (unpaired) electrons. The largest absolute Gasteiger partial charge is 0.338 e. The number of nitrogens with one attached hydrogen (secondary N) is 1. The lowest BCUT2D eigenvalue weighted by atomic mass is 9.96. The van der Waals surface area contributed by atoms with Gasteiger partial charge in [0, 0.05) is 21.9 Å². The molecule has 0 unspecified atom stereocenters. The number of nitrogens with zero attached hydrogens (tertiary/aromatic N) is 2. The first-order valence-corrected chi connectivity index (χ1v) is 6.28. The maximum Gasteiger partial charge on any atom is 0.323 e. The lowest BCUT2D eigenvalue weighted by Crippen LogP contribution is -2.58. The second-order valence-corrected chi connectivity index (χ2v) is 5.71. The summed E-state index contributed by atoms with van der Waals surface area (Å²) in [6, 6.07) is 3.78. The maximum absolute atomic E-state index is 11.9. The van der Waals surface area contributed by atoms with Gasteiger partial charge in [-0.2, -0.15) is 0 Å². The minimum Gasteiger partial charge on any atom is -0.338 e.